The molecule has 68 valence electrons. The summed E-state index contributed by atoms with van der Waals surface area (Å²) in [6.45, 7) is 1.92. The molecule has 2 heterocycles. The van der Waals surface area contributed by atoms with Gasteiger partial charge in [-0.2, -0.15) is 0 Å². The molecule has 0 N–H and O–H groups in total. The van der Waals surface area contributed by atoms with Gasteiger partial charge in [-0.1, -0.05) is 12.1 Å². The van der Waals surface area contributed by atoms with Crippen molar-refractivity contribution in [2.45, 2.75) is 6.92 Å². The summed E-state index contributed by atoms with van der Waals surface area (Å²) >= 11 is 0. The Kier molecular flexibility index (Phi) is 1.36. The minimum absolute atomic E-state index is 0.608. The summed E-state index contributed by atoms with van der Waals surface area (Å²) in [6.07, 6.45) is 1.71. The molecule has 0 saturated heterocycles. The number of benzene rings is 1. The molecule has 0 unspecified atom stereocenters. The standard InChI is InChI=1S/C11H8N2O/c1-7-6-12-11-10(13-7)8-4-2-3-5-9(8)14-11/h2-6H,1H3. The largest absolute Gasteiger partial charge is 0.436 e. The fourth-order valence-corrected chi connectivity index (χ4v) is 1.57. The lowest BCUT2D eigenvalue weighted by molar-refractivity contribution is 0.652. The van der Waals surface area contributed by atoms with E-state index in [1.165, 1.54) is 0 Å². The van der Waals surface area contributed by atoms with Crippen molar-refractivity contribution in [1.82, 2.24) is 9.97 Å². The summed E-state index contributed by atoms with van der Waals surface area (Å²) in [5.74, 6) is 0. The zero-order valence-corrected chi connectivity index (χ0v) is 7.69. The Morgan fingerprint density at radius 2 is 2.07 bits per heavy atom. The molecular formula is C11H8N2O. The highest BCUT2D eigenvalue weighted by Crippen LogP contribution is 2.24. The van der Waals surface area contributed by atoms with Gasteiger partial charge in [0.2, 0.25) is 5.71 Å². The van der Waals surface area contributed by atoms with E-state index in [4.69, 9.17) is 4.42 Å². The van der Waals surface area contributed by atoms with Crippen molar-refractivity contribution >= 4 is 22.2 Å². The highest BCUT2D eigenvalue weighted by atomic mass is 16.3. The van der Waals surface area contributed by atoms with Gasteiger partial charge in [0.25, 0.3) is 0 Å². The quantitative estimate of drug-likeness (QED) is 0.539. The molecule has 14 heavy (non-hydrogen) atoms. The van der Waals surface area contributed by atoms with Gasteiger partial charge in [-0.3, -0.25) is 0 Å². The van der Waals surface area contributed by atoms with Gasteiger partial charge in [-0.15, -0.1) is 0 Å². The fourth-order valence-electron chi connectivity index (χ4n) is 1.57. The van der Waals surface area contributed by atoms with Crippen molar-refractivity contribution in [2.75, 3.05) is 0 Å². The second-order valence-corrected chi connectivity index (χ2v) is 3.26. The van der Waals surface area contributed by atoms with Crippen LogP contribution in [-0.2, 0) is 0 Å². The lowest BCUT2D eigenvalue weighted by atomic mass is 10.2. The molecule has 3 nitrogen and oxygen atoms in total. The van der Waals surface area contributed by atoms with Crippen molar-refractivity contribution < 1.29 is 4.42 Å². The van der Waals surface area contributed by atoms with E-state index in [0.717, 1.165) is 22.2 Å². The van der Waals surface area contributed by atoms with Crippen molar-refractivity contribution in [1.29, 1.82) is 0 Å². The number of hydrogen-bond donors (Lipinski definition) is 0. The smallest absolute Gasteiger partial charge is 0.246 e. The van der Waals surface area contributed by atoms with Crippen molar-refractivity contribution in [3.05, 3.63) is 36.2 Å². The normalized spacial score (nSPS) is 11.2. The molecule has 0 bridgehead atoms. The second-order valence-electron chi connectivity index (χ2n) is 3.26. The molecule has 3 heteroatoms. The predicted molar refractivity (Wildman–Crippen MR) is 54.0 cm³/mol. The van der Waals surface area contributed by atoms with E-state index < -0.39 is 0 Å². The monoisotopic (exact) mass is 184 g/mol. The summed E-state index contributed by atoms with van der Waals surface area (Å²) in [7, 11) is 0. The van der Waals surface area contributed by atoms with Crippen LogP contribution in [0.25, 0.3) is 22.2 Å². The van der Waals surface area contributed by atoms with Gasteiger partial charge in [0.1, 0.15) is 11.1 Å². The molecule has 0 aliphatic rings. The molecular weight excluding hydrogens is 176 g/mol. The molecule has 0 atom stereocenters. The van der Waals surface area contributed by atoms with Gasteiger partial charge in [0.15, 0.2) is 0 Å². The molecule has 0 amide bonds. The molecule has 0 aliphatic heterocycles. The van der Waals surface area contributed by atoms with Crippen LogP contribution < -0.4 is 0 Å². The number of rotatable bonds is 0. The average molecular weight is 184 g/mol. The van der Waals surface area contributed by atoms with Crippen LogP contribution in [0.4, 0.5) is 0 Å². The highest BCUT2D eigenvalue weighted by Gasteiger charge is 2.07. The second kappa shape index (κ2) is 2.54. The average Bonchev–Trinajstić information content (AvgIpc) is 2.56. The first-order valence-electron chi connectivity index (χ1n) is 4.45. The molecule has 2 aromatic heterocycles. The first kappa shape index (κ1) is 7.50. The zero-order chi connectivity index (χ0) is 9.54. The molecule has 0 fully saturated rings. The van der Waals surface area contributed by atoms with Gasteiger partial charge in [0.05, 0.1) is 11.9 Å². The Morgan fingerprint density at radius 3 is 3.00 bits per heavy atom. The molecule has 0 spiro atoms. The molecule has 3 aromatic rings. The number of fused-ring (bicyclic) bond motifs is 3. The maximum absolute atomic E-state index is 5.53. The Balaban J connectivity index is 2.58. The minimum atomic E-state index is 0.608. The third-order valence-corrected chi connectivity index (χ3v) is 2.21. The lowest BCUT2D eigenvalue weighted by Gasteiger charge is -1.89. The molecule has 0 aliphatic carbocycles. The Labute approximate surface area is 80.4 Å². The zero-order valence-electron chi connectivity index (χ0n) is 7.69. The van der Waals surface area contributed by atoms with E-state index in [9.17, 15) is 0 Å². The van der Waals surface area contributed by atoms with E-state index in [1.807, 2.05) is 31.2 Å². The minimum Gasteiger partial charge on any atom is -0.436 e. The number of aromatic nitrogens is 2. The first-order valence-corrected chi connectivity index (χ1v) is 4.45. The number of furan rings is 1. The SMILES string of the molecule is Cc1cnc2oc3ccccc3c2n1. The summed E-state index contributed by atoms with van der Waals surface area (Å²) < 4.78 is 5.53. The Morgan fingerprint density at radius 1 is 1.21 bits per heavy atom. The maximum atomic E-state index is 5.53. The van der Waals surface area contributed by atoms with Crippen LogP contribution in [0.1, 0.15) is 5.69 Å². The van der Waals surface area contributed by atoms with E-state index in [2.05, 4.69) is 9.97 Å². The predicted octanol–water partition coefficient (Wildman–Crippen LogP) is 2.68. The van der Waals surface area contributed by atoms with Gasteiger partial charge in [-0.05, 0) is 19.1 Å². The Bertz CT molecular complexity index is 613. The van der Waals surface area contributed by atoms with Gasteiger partial charge >= 0.3 is 0 Å². The van der Waals surface area contributed by atoms with Crippen LogP contribution in [0.15, 0.2) is 34.9 Å². The van der Waals surface area contributed by atoms with Crippen molar-refractivity contribution in [2.24, 2.45) is 0 Å². The van der Waals surface area contributed by atoms with Crippen LogP contribution in [0.2, 0.25) is 0 Å². The summed E-state index contributed by atoms with van der Waals surface area (Å²) in [5, 5.41) is 1.03. The van der Waals surface area contributed by atoms with Gasteiger partial charge in [0, 0.05) is 5.39 Å². The van der Waals surface area contributed by atoms with Crippen molar-refractivity contribution in [3.8, 4) is 0 Å². The molecule has 0 saturated carbocycles. The number of hydrogen-bond acceptors (Lipinski definition) is 3. The molecule has 3 rings (SSSR count). The third-order valence-electron chi connectivity index (χ3n) is 2.21. The number of nitrogens with zero attached hydrogens (tertiary/aromatic N) is 2. The highest BCUT2D eigenvalue weighted by molar-refractivity contribution is 6.00. The topological polar surface area (TPSA) is 38.9 Å². The van der Waals surface area contributed by atoms with E-state index >= 15 is 0 Å². The van der Waals surface area contributed by atoms with Crippen LogP contribution in [-0.4, -0.2) is 9.97 Å². The van der Waals surface area contributed by atoms with Crippen LogP contribution in [0.5, 0.6) is 0 Å². The number of para-hydroxylation sites is 1. The van der Waals surface area contributed by atoms with Crippen LogP contribution >= 0.6 is 0 Å². The van der Waals surface area contributed by atoms with E-state index in [0.29, 0.717) is 5.71 Å². The fraction of sp³-hybridized carbons (Fsp3) is 0.0909. The van der Waals surface area contributed by atoms with Crippen LogP contribution in [0, 0.1) is 6.92 Å². The first-order chi connectivity index (χ1) is 6.84. The third kappa shape index (κ3) is 0.923. The van der Waals surface area contributed by atoms with Gasteiger partial charge < -0.3 is 4.42 Å². The summed E-state index contributed by atoms with van der Waals surface area (Å²) in [4.78, 5) is 8.60. The Hall–Kier alpha value is -1.90. The van der Waals surface area contributed by atoms with Gasteiger partial charge in [-0.25, -0.2) is 9.97 Å². The summed E-state index contributed by atoms with van der Waals surface area (Å²) in [5.41, 5.74) is 3.20. The van der Waals surface area contributed by atoms with E-state index in [1.54, 1.807) is 6.20 Å². The molecule has 0 radical (unpaired) electrons. The lowest BCUT2D eigenvalue weighted by Crippen LogP contribution is -1.82. The molecule has 1 aromatic carbocycles. The van der Waals surface area contributed by atoms with Crippen molar-refractivity contribution in [3.63, 3.8) is 0 Å². The maximum Gasteiger partial charge on any atom is 0.246 e. The summed E-state index contributed by atoms with van der Waals surface area (Å²) in [6, 6.07) is 7.84. The van der Waals surface area contributed by atoms with E-state index in [-0.39, 0.29) is 0 Å². The number of aryl methyl sites for hydroxylation is 1. The van der Waals surface area contributed by atoms with Crippen LogP contribution in [0.3, 0.4) is 0 Å².